The lowest BCUT2D eigenvalue weighted by atomic mass is 10.1. The largest absolute Gasteiger partial charge is 0.461 e. The normalized spacial score (nSPS) is 18.2. The number of hydrogen-bond acceptors (Lipinski definition) is 4. The lowest BCUT2D eigenvalue weighted by Gasteiger charge is -2.18. The third kappa shape index (κ3) is 2.58. The van der Waals surface area contributed by atoms with Gasteiger partial charge < -0.3 is 9.64 Å². The fourth-order valence-corrected chi connectivity index (χ4v) is 2.02. The number of anilines is 1. The van der Waals surface area contributed by atoms with Crippen LogP contribution >= 0.6 is 0 Å². The Morgan fingerprint density at radius 1 is 1.68 bits per heavy atom. The van der Waals surface area contributed by atoms with Crippen LogP contribution in [0.4, 0.5) is 5.69 Å². The molecule has 98 valence electrons. The van der Waals surface area contributed by atoms with Gasteiger partial charge >= 0.3 is 5.97 Å². The number of terminal acetylenes is 1. The molecular formula is C14H14N2O3. The van der Waals surface area contributed by atoms with Gasteiger partial charge in [0.2, 0.25) is 5.91 Å². The van der Waals surface area contributed by atoms with Crippen molar-refractivity contribution in [3.8, 4) is 12.3 Å². The topological polar surface area (TPSA) is 59.5 Å². The molecule has 0 aliphatic carbocycles. The summed E-state index contributed by atoms with van der Waals surface area (Å²) < 4.78 is 4.94. The van der Waals surface area contributed by atoms with Crippen LogP contribution in [0.1, 0.15) is 23.8 Å². The van der Waals surface area contributed by atoms with E-state index in [2.05, 4.69) is 10.9 Å². The number of nitrogens with zero attached hydrogens (tertiary/aromatic N) is 2. The molecule has 2 heterocycles. The number of rotatable bonds is 3. The number of pyridine rings is 1. The Labute approximate surface area is 111 Å². The monoisotopic (exact) mass is 258 g/mol. The molecular weight excluding hydrogens is 244 g/mol. The van der Waals surface area contributed by atoms with Crippen molar-refractivity contribution in [1.29, 1.82) is 0 Å². The summed E-state index contributed by atoms with van der Waals surface area (Å²) in [4.78, 5) is 29.3. The average molecular weight is 258 g/mol. The molecule has 0 bridgehead atoms. The summed E-state index contributed by atoms with van der Waals surface area (Å²) in [5.74, 6) is 1.82. The zero-order chi connectivity index (χ0) is 13.8. The first-order valence-corrected chi connectivity index (χ1v) is 6.06. The Bertz CT molecular complexity index is 548. The van der Waals surface area contributed by atoms with E-state index in [-0.39, 0.29) is 24.1 Å². The van der Waals surface area contributed by atoms with Crippen LogP contribution in [0.25, 0.3) is 0 Å². The molecule has 1 saturated heterocycles. The van der Waals surface area contributed by atoms with Crippen LogP contribution in [0.2, 0.25) is 0 Å². The Balaban J connectivity index is 2.33. The zero-order valence-electron chi connectivity index (χ0n) is 10.6. The Kier molecular flexibility index (Phi) is 3.81. The first-order chi connectivity index (χ1) is 9.17. The van der Waals surface area contributed by atoms with E-state index in [4.69, 9.17) is 11.2 Å². The molecule has 2 rings (SSSR count). The fourth-order valence-electron chi connectivity index (χ4n) is 2.02. The molecule has 1 fully saturated rings. The molecule has 1 aromatic rings. The second-order valence-electron chi connectivity index (χ2n) is 4.16. The zero-order valence-corrected chi connectivity index (χ0v) is 10.6. The molecule has 1 atom stereocenters. The molecule has 0 radical (unpaired) electrons. The van der Waals surface area contributed by atoms with Crippen molar-refractivity contribution in [3.05, 3.63) is 24.0 Å². The highest BCUT2D eigenvalue weighted by Gasteiger charge is 2.32. The van der Waals surface area contributed by atoms with Crippen molar-refractivity contribution in [2.24, 2.45) is 5.92 Å². The molecule has 0 aromatic carbocycles. The highest BCUT2D eigenvalue weighted by Crippen LogP contribution is 2.27. The lowest BCUT2D eigenvalue weighted by molar-refractivity contribution is -0.117. The van der Waals surface area contributed by atoms with Gasteiger partial charge in [-0.2, -0.15) is 0 Å². The van der Waals surface area contributed by atoms with Crippen molar-refractivity contribution >= 4 is 17.6 Å². The summed E-state index contributed by atoms with van der Waals surface area (Å²) in [5, 5.41) is 0. The SMILES string of the molecule is C#CC1CC(=O)N(c2cccnc2C(=O)OCC)C1. The van der Waals surface area contributed by atoms with E-state index < -0.39 is 5.97 Å². The molecule has 5 nitrogen and oxygen atoms in total. The molecule has 5 heteroatoms. The molecule has 1 amide bonds. The minimum atomic E-state index is -0.532. The molecule has 1 unspecified atom stereocenters. The first-order valence-electron chi connectivity index (χ1n) is 6.06. The minimum absolute atomic E-state index is 0.0958. The van der Waals surface area contributed by atoms with Crippen LogP contribution in [-0.4, -0.2) is 30.0 Å². The van der Waals surface area contributed by atoms with Gasteiger partial charge in [-0.1, -0.05) is 0 Å². The maximum absolute atomic E-state index is 11.9. The highest BCUT2D eigenvalue weighted by molar-refractivity contribution is 6.02. The van der Waals surface area contributed by atoms with Crippen LogP contribution in [0.3, 0.4) is 0 Å². The van der Waals surface area contributed by atoms with Gasteiger partial charge in [0.1, 0.15) is 0 Å². The number of esters is 1. The van der Waals surface area contributed by atoms with E-state index >= 15 is 0 Å². The number of aromatic nitrogens is 1. The number of carbonyl (C=O) groups is 2. The number of hydrogen-bond donors (Lipinski definition) is 0. The molecule has 1 aliphatic heterocycles. The van der Waals surface area contributed by atoms with Gasteiger partial charge in [0.05, 0.1) is 12.3 Å². The maximum atomic E-state index is 11.9. The second-order valence-corrected chi connectivity index (χ2v) is 4.16. The average Bonchev–Trinajstić information content (AvgIpc) is 2.80. The predicted octanol–water partition coefficient (Wildman–Crippen LogP) is 1.24. The molecule has 1 aromatic heterocycles. The van der Waals surface area contributed by atoms with Crippen LogP contribution < -0.4 is 4.90 Å². The highest BCUT2D eigenvalue weighted by atomic mass is 16.5. The number of ether oxygens (including phenoxy) is 1. The van der Waals surface area contributed by atoms with Crippen molar-refractivity contribution < 1.29 is 14.3 Å². The Hall–Kier alpha value is -2.35. The van der Waals surface area contributed by atoms with Gasteiger partial charge in [0.25, 0.3) is 0 Å². The third-order valence-electron chi connectivity index (χ3n) is 2.91. The number of amides is 1. The van der Waals surface area contributed by atoms with E-state index in [1.165, 1.54) is 11.1 Å². The summed E-state index contributed by atoms with van der Waals surface area (Å²) in [6.07, 6.45) is 7.14. The van der Waals surface area contributed by atoms with Gasteiger partial charge in [0.15, 0.2) is 5.69 Å². The minimum Gasteiger partial charge on any atom is -0.461 e. The van der Waals surface area contributed by atoms with Crippen molar-refractivity contribution in [2.75, 3.05) is 18.1 Å². The van der Waals surface area contributed by atoms with Crippen LogP contribution in [0.15, 0.2) is 18.3 Å². The third-order valence-corrected chi connectivity index (χ3v) is 2.91. The molecule has 1 aliphatic rings. The van der Waals surface area contributed by atoms with E-state index in [1.54, 1.807) is 19.1 Å². The van der Waals surface area contributed by atoms with Crippen LogP contribution in [0, 0.1) is 18.3 Å². The van der Waals surface area contributed by atoms with E-state index in [0.717, 1.165) is 0 Å². The van der Waals surface area contributed by atoms with Crippen LogP contribution in [0.5, 0.6) is 0 Å². The fraction of sp³-hybridized carbons (Fsp3) is 0.357. The lowest BCUT2D eigenvalue weighted by Crippen LogP contribution is -2.27. The van der Waals surface area contributed by atoms with Crippen LogP contribution in [-0.2, 0) is 9.53 Å². The van der Waals surface area contributed by atoms with Crippen molar-refractivity contribution in [2.45, 2.75) is 13.3 Å². The summed E-state index contributed by atoms with van der Waals surface area (Å²) in [6, 6.07) is 3.35. The van der Waals surface area contributed by atoms with Gasteiger partial charge in [-0.25, -0.2) is 9.78 Å². The molecule has 0 N–H and O–H groups in total. The summed E-state index contributed by atoms with van der Waals surface area (Å²) in [6.45, 7) is 2.39. The van der Waals surface area contributed by atoms with Gasteiger partial charge in [-0.05, 0) is 19.1 Å². The number of carbonyl (C=O) groups excluding carboxylic acids is 2. The van der Waals surface area contributed by atoms with E-state index in [0.29, 0.717) is 18.7 Å². The first kappa shape index (κ1) is 13.1. The second kappa shape index (κ2) is 5.53. The summed E-state index contributed by atoms with van der Waals surface area (Å²) in [5.41, 5.74) is 0.610. The van der Waals surface area contributed by atoms with E-state index in [1.807, 2.05) is 0 Å². The standard InChI is InChI=1S/C14H14N2O3/c1-3-10-8-12(17)16(9-10)11-6-5-7-15-13(11)14(18)19-4-2/h1,5-7,10H,4,8-9H2,2H3. The smallest absolute Gasteiger partial charge is 0.359 e. The van der Waals surface area contributed by atoms with Gasteiger partial charge in [-0.3, -0.25) is 4.79 Å². The maximum Gasteiger partial charge on any atom is 0.359 e. The van der Waals surface area contributed by atoms with Crippen molar-refractivity contribution in [3.63, 3.8) is 0 Å². The van der Waals surface area contributed by atoms with Gasteiger partial charge in [0, 0.05) is 25.1 Å². The van der Waals surface area contributed by atoms with Crippen molar-refractivity contribution in [1.82, 2.24) is 4.98 Å². The Morgan fingerprint density at radius 2 is 2.47 bits per heavy atom. The predicted molar refractivity (Wildman–Crippen MR) is 69.5 cm³/mol. The summed E-state index contributed by atoms with van der Waals surface area (Å²) in [7, 11) is 0. The summed E-state index contributed by atoms with van der Waals surface area (Å²) >= 11 is 0. The van der Waals surface area contributed by atoms with Gasteiger partial charge in [-0.15, -0.1) is 12.3 Å². The molecule has 0 saturated carbocycles. The Morgan fingerprint density at radius 3 is 3.11 bits per heavy atom. The quantitative estimate of drug-likeness (QED) is 0.604. The molecule has 0 spiro atoms. The van der Waals surface area contributed by atoms with E-state index in [9.17, 15) is 9.59 Å². The molecule has 19 heavy (non-hydrogen) atoms.